The molecule has 86 valence electrons. The van der Waals surface area contributed by atoms with Crippen LogP contribution in [0.4, 0.5) is 0 Å². The molecule has 3 heteroatoms. The summed E-state index contributed by atoms with van der Waals surface area (Å²) < 4.78 is 4.45. The molecule has 1 nitrogen and oxygen atoms in total. The van der Waals surface area contributed by atoms with Crippen molar-refractivity contribution in [3.05, 3.63) is 7.68 Å². The Hall–Kier alpha value is 0.827. The first-order valence-corrected chi connectivity index (χ1v) is 26.0. The SMILES string of the molecule is [CH3][Sn]([CH3])([CH3])/[CH]=[C](\CCCC#N)[Sn]([CH3])([CH3])[CH3]. The third-order valence-corrected chi connectivity index (χ3v) is 14.7. The Morgan fingerprint density at radius 1 is 1.13 bits per heavy atom. The Kier molecular flexibility index (Phi) is 6.90. The first-order chi connectivity index (χ1) is 6.67. The van der Waals surface area contributed by atoms with Gasteiger partial charge in [-0.1, -0.05) is 0 Å². The van der Waals surface area contributed by atoms with Crippen molar-refractivity contribution in [3.63, 3.8) is 0 Å². The van der Waals surface area contributed by atoms with Gasteiger partial charge in [0.25, 0.3) is 0 Å². The molecule has 0 atom stereocenters. The Morgan fingerprint density at radius 2 is 1.67 bits per heavy atom. The van der Waals surface area contributed by atoms with Crippen molar-refractivity contribution in [2.75, 3.05) is 0 Å². The van der Waals surface area contributed by atoms with E-state index in [0.29, 0.717) is 0 Å². The van der Waals surface area contributed by atoms with Crippen LogP contribution < -0.4 is 0 Å². The molecule has 0 spiro atoms. The summed E-state index contributed by atoms with van der Waals surface area (Å²) >= 11 is -3.65. The van der Waals surface area contributed by atoms with E-state index in [1.165, 1.54) is 6.42 Å². The van der Waals surface area contributed by atoms with Crippen LogP contribution in [-0.2, 0) is 0 Å². The Balaban J connectivity index is 4.63. The number of allylic oxidation sites excluding steroid dienone is 1. The Labute approximate surface area is 104 Å². The fourth-order valence-electron chi connectivity index (χ4n) is 1.54. The Morgan fingerprint density at radius 3 is 2.00 bits per heavy atom. The molecule has 0 bridgehead atoms. The number of hydrogen-bond donors (Lipinski definition) is 0. The van der Waals surface area contributed by atoms with Crippen LogP contribution in [0.3, 0.4) is 0 Å². The third kappa shape index (κ3) is 8.62. The zero-order chi connectivity index (χ0) is 12.1. The van der Waals surface area contributed by atoms with Crippen molar-refractivity contribution >= 4 is 36.8 Å². The molecule has 0 aliphatic heterocycles. The first-order valence-electron chi connectivity index (χ1n) is 5.76. The number of rotatable bonds is 5. The van der Waals surface area contributed by atoms with E-state index in [9.17, 15) is 0 Å². The van der Waals surface area contributed by atoms with Gasteiger partial charge < -0.3 is 0 Å². The zero-order valence-electron chi connectivity index (χ0n) is 11.1. The molecule has 0 unspecified atom stereocenters. The van der Waals surface area contributed by atoms with Crippen molar-refractivity contribution in [2.24, 2.45) is 0 Å². The van der Waals surface area contributed by atoms with Crippen LogP contribution >= 0.6 is 0 Å². The molecule has 0 saturated heterocycles. The van der Waals surface area contributed by atoms with Crippen molar-refractivity contribution in [2.45, 2.75) is 48.9 Å². The number of nitriles is 1. The standard InChI is InChI=1S/C6H7N.6CH3.2Sn/c1-2-3-4-5-6-7;;;;;;;;/h1H,3-5H2;6*1H3;;. The molecule has 0 saturated carbocycles. The fraction of sp³-hybridized carbons (Fsp3) is 0.750. The van der Waals surface area contributed by atoms with Crippen LogP contribution in [0.25, 0.3) is 0 Å². The summed E-state index contributed by atoms with van der Waals surface area (Å²) in [7, 11) is 0. The summed E-state index contributed by atoms with van der Waals surface area (Å²) in [5.41, 5.74) is 0. The summed E-state index contributed by atoms with van der Waals surface area (Å²) in [6.07, 6.45) is 2.98. The van der Waals surface area contributed by atoms with Gasteiger partial charge in [0.2, 0.25) is 0 Å². The summed E-state index contributed by atoms with van der Waals surface area (Å²) in [6.45, 7) is 0. The summed E-state index contributed by atoms with van der Waals surface area (Å²) in [4.78, 5) is 14.9. The summed E-state index contributed by atoms with van der Waals surface area (Å²) in [5, 5.41) is 8.58. The maximum absolute atomic E-state index is 8.58. The van der Waals surface area contributed by atoms with E-state index in [-0.39, 0.29) is 0 Å². The molecule has 0 amide bonds. The van der Waals surface area contributed by atoms with E-state index >= 15 is 0 Å². The second-order valence-corrected chi connectivity index (χ2v) is 35.3. The second-order valence-electron chi connectivity index (χ2n) is 6.30. The molecule has 0 aliphatic carbocycles. The predicted molar refractivity (Wildman–Crippen MR) is 74.2 cm³/mol. The third-order valence-electron chi connectivity index (χ3n) is 2.31. The molecular formula is C12H25NSn2. The van der Waals surface area contributed by atoms with E-state index in [1.54, 1.807) is 3.59 Å². The molecule has 0 N–H and O–H groups in total. The quantitative estimate of drug-likeness (QED) is 0.479. The molecule has 0 aliphatic rings. The normalized spacial score (nSPS) is 13.8. The van der Waals surface area contributed by atoms with Gasteiger partial charge in [0.05, 0.1) is 0 Å². The average Bonchev–Trinajstić information content (AvgIpc) is 1.99. The molecule has 0 aromatic carbocycles. The average molecular weight is 421 g/mol. The summed E-state index contributed by atoms with van der Waals surface area (Å²) in [5.74, 6) is 0. The van der Waals surface area contributed by atoms with E-state index in [4.69, 9.17) is 5.26 Å². The summed E-state index contributed by atoms with van der Waals surface area (Å²) in [6, 6.07) is 2.25. The maximum atomic E-state index is 8.58. The van der Waals surface area contributed by atoms with Crippen LogP contribution in [0.15, 0.2) is 7.68 Å². The topological polar surface area (TPSA) is 23.8 Å². The van der Waals surface area contributed by atoms with E-state index < -0.39 is 36.8 Å². The van der Waals surface area contributed by atoms with Gasteiger partial charge in [0, 0.05) is 0 Å². The van der Waals surface area contributed by atoms with Crippen LogP contribution in [0.5, 0.6) is 0 Å². The predicted octanol–water partition coefficient (Wildman–Crippen LogP) is 4.36. The van der Waals surface area contributed by atoms with Crippen molar-refractivity contribution in [1.29, 1.82) is 5.26 Å². The van der Waals surface area contributed by atoms with Crippen molar-refractivity contribution < 1.29 is 0 Å². The van der Waals surface area contributed by atoms with Crippen LogP contribution in [0, 0.1) is 11.3 Å². The van der Waals surface area contributed by atoms with Gasteiger partial charge in [-0.25, -0.2) is 0 Å². The number of nitrogens with zero attached hydrogens (tertiary/aromatic N) is 1. The van der Waals surface area contributed by atoms with E-state index in [0.717, 1.165) is 12.8 Å². The van der Waals surface area contributed by atoms with Gasteiger partial charge in [-0.2, -0.15) is 0 Å². The molecule has 0 rings (SSSR count). The first kappa shape index (κ1) is 15.8. The molecule has 0 aromatic heterocycles. The molecule has 0 aromatic rings. The van der Waals surface area contributed by atoms with Gasteiger partial charge >= 0.3 is 105 Å². The van der Waals surface area contributed by atoms with Gasteiger partial charge in [-0.05, 0) is 0 Å². The molecule has 0 heterocycles. The monoisotopic (exact) mass is 423 g/mol. The number of unbranched alkanes of at least 4 members (excludes halogenated alkanes) is 1. The van der Waals surface area contributed by atoms with Gasteiger partial charge in [0.15, 0.2) is 0 Å². The van der Waals surface area contributed by atoms with E-state index in [2.05, 4.69) is 39.8 Å². The van der Waals surface area contributed by atoms with Crippen LogP contribution in [0.2, 0.25) is 29.6 Å². The molecular weight excluding hydrogens is 396 g/mol. The molecule has 0 radical (unpaired) electrons. The van der Waals surface area contributed by atoms with Crippen molar-refractivity contribution in [1.82, 2.24) is 0 Å². The Bertz CT molecular complexity index is 261. The van der Waals surface area contributed by atoms with Crippen molar-refractivity contribution in [3.8, 4) is 6.07 Å². The fourth-order valence-corrected chi connectivity index (χ4v) is 25.4. The molecule has 0 fully saturated rings. The van der Waals surface area contributed by atoms with Gasteiger partial charge in [0.1, 0.15) is 0 Å². The van der Waals surface area contributed by atoms with Gasteiger partial charge in [-0.3, -0.25) is 0 Å². The zero-order valence-corrected chi connectivity index (χ0v) is 16.9. The van der Waals surface area contributed by atoms with Crippen LogP contribution in [0.1, 0.15) is 19.3 Å². The minimum atomic E-state index is -1.87. The number of hydrogen-bond acceptors (Lipinski definition) is 1. The second kappa shape index (κ2) is 6.54. The van der Waals surface area contributed by atoms with Gasteiger partial charge in [-0.15, -0.1) is 0 Å². The minimum absolute atomic E-state index is 0.721. The molecule has 15 heavy (non-hydrogen) atoms. The van der Waals surface area contributed by atoms with E-state index in [1.807, 2.05) is 0 Å². The van der Waals surface area contributed by atoms with Crippen LogP contribution in [-0.4, -0.2) is 36.8 Å².